The van der Waals surface area contributed by atoms with Gasteiger partial charge in [0.05, 0.1) is 20.3 Å². The lowest BCUT2D eigenvalue weighted by Gasteiger charge is -2.09. The number of anilines is 2. The fourth-order valence-corrected chi connectivity index (χ4v) is 2.17. The molecule has 3 N–H and O–H groups in total. The van der Waals surface area contributed by atoms with E-state index in [4.69, 9.17) is 9.47 Å². The molecule has 2 aromatic rings. The number of carbonyl (C=O) groups is 2. The maximum atomic E-state index is 12.0. The summed E-state index contributed by atoms with van der Waals surface area (Å²) < 4.78 is 9.96. The summed E-state index contributed by atoms with van der Waals surface area (Å²) in [6.07, 6.45) is 0. The molecule has 0 aromatic heterocycles. The molecule has 0 saturated heterocycles. The van der Waals surface area contributed by atoms with Crippen molar-refractivity contribution in [1.29, 1.82) is 0 Å². The molecule has 2 aromatic carbocycles. The van der Waals surface area contributed by atoms with E-state index in [1.165, 1.54) is 0 Å². The maximum Gasteiger partial charge on any atom is 0.251 e. The second-order valence-electron chi connectivity index (χ2n) is 5.46. The van der Waals surface area contributed by atoms with Gasteiger partial charge in [-0.05, 0) is 48.5 Å². The van der Waals surface area contributed by atoms with Crippen LogP contribution in [0.2, 0.25) is 0 Å². The Kier molecular flexibility index (Phi) is 7.45. The highest BCUT2D eigenvalue weighted by Crippen LogP contribution is 2.15. The molecule has 0 heterocycles. The molecule has 0 radical (unpaired) electrons. The molecule has 0 bridgehead atoms. The first-order valence-corrected chi connectivity index (χ1v) is 8.17. The molecule has 0 aliphatic rings. The van der Waals surface area contributed by atoms with Crippen molar-refractivity contribution in [1.82, 2.24) is 5.32 Å². The predicted octanol–water partition coefficient (Wildman–Crippen LogP) is 2.12. The minimum atomic E-state index is -0.170. The van der Waals surface area contributed by atoms with Gasteiger partial charge < -0.3 is 25.4 Å². The van der Waals surface area contributed by atoms with Crippen molar-refractivity contribution in [3.8, 4) is 5.75 Å². The minimum absolute atomic E-state index is 0.116. The first kappa shape index (κ1) is 19.3. The summed E-state index contributed by atoms with van der Waals surface area (Å²) in [5.41, 5.74) is 2.00. The van der Waals surface area contributed by atoms with Crippen LogP contribution in [0.4, 0.5) is 11.4 Å². The normalized spacial score (nSPS) is 10.1. The van der Waals surface area contributed by atoms with Gasteiger partial charge in [0.25, 0.3) is 5.91 Å². The molecule has 7 nitrogen and oxygen atoms in total. The van der Waals surface area contributed by atoms with Crippen molar-refractivity contribution in [2.75, 3.05) is 44.5 Å². The third kappa shape index (κ3) is 6.10. The van der Waals surface area contributed by atoms with Crippen LogP contribution in [-0.2, 0) is 9.53 Å². The lowest BCUT2D eigenvalue weighted by atomic mass is 10.2. The Bertz CT molecular complexity index is 715. The topological polar surface area (TPSA) is 88.7 Å². The molecule has 0 atom stereocenters. The van der Waals surface area contributed by atoms with E-state index in [0.717, 1.165) is 11.4 Å². The Morgan fingerprint density at radius 3 is 2.19 bits per heavy atom. The maximum absolute atomic E-state index is 12.0. The van der Waals surface area contributed by atoms with Gasteiger partial charge in [-0.25, -0.2) is 0 Å². The lowest BCUT2D eigenvalue weighted by Crippen LogP contribution is -2.26. The Morgan fingerprint density at radius 1 is 0.923 bits per heavy atom. The molecular weight excluding hydrogens is 334 g/mol. The summed E-state index contributed by atoms with van der Waals surface area (Å²) >= 11 is 0. The second kappa shape index (κ2) is 10.0. The number of carbonyl (C=O) groups excluding carboxylic acids is 2. The van der Waals surface area contributed by atoms with Crippen LogP contribution in [-0.4, -0.2) is 45.7 Å². The molecular formula is C19H23N3O4. The van der Waals surface area contributed by atoms with E-state index in [1.807, 2.05) is 0 Å². The second-order valence-corrected chi connectivity index (χ2v) is 5.46. The molecule has 0 saturated carbocycles. The number of benzene rings is 2. The number of methoxy groups -OCH3 is 2. The number of nitrogens with one attached hydrogen (secondary N) is 3. The molecule has 0 spiro atoms. The molecule has 0 aliphatic heterocycles. The first-order chi connectivity index (χ1) is 12.6. The Balaban J connectivity index is 1.79. The number of amides is 2. The van der Waals surface area contributed by atoms with Crippen LogP contribution in [0.1, 0.15) is 10.4 Å². The third-order valence-electron chi connectivity index (χ3n) is 3.57. The fraction of sp³-hybridized carbons (Fsp3) is 0.263. The Labute approximate surface area is 152 Å². The van der Waals surface area contributed by atoms with Gasteiger partial charge in [0, 0.05) is 30.6 Å². The van der Waals surface area contributed by atoms with Crippen LogP contribution in [0, 0.1) is 0 Å². The van der Waals surface area contributed by atoms with Crippen molar-refractivity contribution in [3.05, 3.63) is 54.1 Å². The van der Waals surface area contributed by atoms with Crippen LogP contribution in [0.5, 0.6) is 5.75 Å². The third-order valence-corrected chi connectivity index (χ3v) is 3.57. The molecule has 7 heteroatoms. The average molecular weight is 357 g/mol. The highest BCUT2D eigenvalue weighted by atomic mass is 16.5. The summed E-state index contributed by atoms with van der Waals surface area (Å²) in [5, 5.41) is 8.55. The van der Waals surface area contributed by atoms with Crippen molar-refractivity contribution in [3.63, 3.8) is 0 Å². The number of hydrogen-bond donors (Lipinski definition) is 3. The van der Waals surface area contributed by atoms with Gasteiger partial charge >= 0.3 is 0 Å². The van der Waals surface area contributed by atoms with Crippen LogP contribution in [0.25, 0.3) is 0 Å². The Morgan fingerprint density at radius 2 is 1.58 bits per heavy atom. The molecule has 2 amide bonds. The zero-order chi connectivity index (χ0) is 18.8. The van der Waals surface area contributed by atoms with Gasteiger partial charge in [-0.2, -0.15) is 0 Å². The molecule has 138 valence electrons. The van der Waals surface area contributed by atoms with Crippen LogP contribution >= 0.6 is 0 Å². The predicted molar refractivity (Wildman–Crippen MR) is 101 cm³/mol. The smallest absolute Gasteiger partial charge is 0.251 e. The fourth-order valence-electron chi connectivity index (χ4n) is 2.17. The molecule has 26 heavy (non-hydrogen) atoms. The highest BCUT2D eigenvalue weighted by Gasteiger charge is 2.06. The van der Waals surface area contributed by atoms with Gasteiger partial charge in [-0.1, -0.05) is 0 Å². The van der Waals surface area contributed by atoms with E-state index in [2.05, 4.69) is 16.0 Å². The monoisotopic (exact) mass is 357 g/mol. The van der Waals surface area contributed by atoms with Gasteiger partial charge in [-0.15, -0.1) is 0 Å². The molecule has 0 unspecified atom stereocenters. The van der Waals surface area contributed by atoms with E-state index in [1.54, 1.807) is 62.8 Å². The van der Waals surface area contributed by atoms with Gasteiger partial charge in [0.15, 0.2) is 0 Å². The molecule has 0 aliphatic carbocycles. The lowest BCUT2D eigenvalue weighted by molar-refractivity contribution is -0.114. The number of rotatable bonds is 9. The van der Waals surface area contributed by atoms with Gasteiger partial charge in [-0.3, -0.25) is 9.59 Å². The standard InChI is InChI=1S/C19H23N3O4/c1-25-12-11-20-19(24)14-3-5-15(6-4-14)21-13-18(23)22-16-7-9-17(26-2)10-8-16/h3-10,21H,11-13H2,1-2H3,(H,20,24)(H,22,23). The van der Waals surface area contributed by atoms with Crippen LogP contribution in [0.3, 0.4) is 0 Å². The van der Waals surface area contributed by atoms with Gasteiger partial charge in [0.2, 0.25) is 5.91 Å². The van der Waals surface area contributed by atoms with Crippen molar-refractivity contribution >= 4 is 23.2 Å². The van der Waals surface area contributed by atoms with E-state index in [0.29, 0.717) is 24.4 Å². The summed E-state index contributed by atoms with van der Waals surface area (Å²) in [5.74, 6) is 0.398. The number of hydrogen-bond acceptors (Lipinski definition) is 5. The average Bonchev–Trinajstić information content (AvgIpc) is 2.67. The summed E-state index contributed by atoms with van der Waals surface area (Å²) in [6.45, 7) is 1.04. The molecule has 0 fully saturated rings. The minimum Gasteiger partial charge on any atom is -0.497 e. The van der Waals surface area contributed by atoms with Gasteiger partial charge in [0.1, 0.15) is 5.75 Å². The quantitative estimate of drug-likeness (QED) is 0.598. The van der Waals surface area contributed by atoms with E-state index in [9.17, 15) is 9.59 Å². The van der Waals surface area contributed by atoms with Crippen molar-refractivity contribution < 1.29 is 19.1 Å². The number of ether oxygens (including phenoxy) is 2. The summed E-state index contributed by atoms with van der Waals surface area (Å²) in [7, 11) is 3.17. The SMILES string of the molecule is COCCNC(=O)c1ccc(NCC(=O)Nc2ccc(OC)cc2)cc1. The van der Waals surface area contributed by atoms with E-state index < -0.39 is 0 Å². The largest absolute Gasteiger partial charge is 0.497 e. The first-order valence-electron chi connectivity index (χ1n) is 8.17. The Hall–Kier alpha value is -3.06. The zero-order valence-corrected chi connectivity index (χ0v) is 14.9. The van der Waals surface area contributed by atoms with E-state index >= 15 is 0 Å². The van der Waals surface area contributed by atoms with Crippen LogP contribution < -0.4 is 20.7 Å². The summed E-state index contributed by atoms with van der Waals surface area (Å²) in [4.78, 5) is 23.9. The van der Waals surface area contributed by atoms with Crippen LogP contribution in [0.15, 0.2) is 48.5 Å². The van der Waals surface area contributed by atoms with Crippen molar-refractivity contribution in [2.24, 2.45) is 0 Å². The highest BCUT2D eigenvalue weighted by molar-refractivity contribution is 5.95. The zero-order valence-electron chi connectivity index (χ0n) is 14.9. The van der Waals surface area contributed by atoms with E-state index in [-0.39, 0.29) is 18.4 Å². The molecule has 2 rings (SSSR count). The van der Waals surface area contributed by atoms with Crippen molar-refractivity contribution in [2.45, 2.75) is 0 Å². The summed E-state index contributed by atoms with van der Waals surface area (Å²) in [6, 6.07) is 14.0.